The molecule has 0 bridgehead atoms. The van der Waals surface area contributed by atoms with Crippen LogP contribution in [0.25, 0.3) is 0 Å². The van der Waals surface area contributed by atoms with Gasteiger partial charge in [0, 0.05) is 51.5 Å². The Morgan fingerprint density at radius 3 is 2.65 bits per heavy atom. The maximum atomic E-state index is 12.5. The van der Waals surface area contributed by atoms with E-state index in [0.717, 1.165) is 31.0 Å². The van der Waals surface area contributed by atoms with Crippen molar-refractivity contribution in [3.05, 3.63) is 34.9 Å². The van der Waals surface area contributed by atoms with Crippen LogP contribution in [0.3, 0.4) is 0 Å². The lowest BCUT2D eigenvalue weighted by atomic mass is 10.2. The maximum Gasteiger partial charge on any atom is 0.242 e. The Bertz CT molecular complexity index is 583. The molecule has 1 aliphatic rings. The van der Waals surface area contributed by atoms with Gasteiger partial charge in [0.25, 0.3) is 0 Å². The van der Waals surface area contributed by atoms with Crippen LogP contribution in [0.5, 0.6) is 0 Å². The van der Waals surface area contributed by atoms with Crippen LogP contribution in [0.4, 0.5) is 0 Å². The van der Waals surface area contributed by atoms with E-state index in [1.807, 2.05) is 41.0 Å². The topological polar surface area (TPSA) is 57.2 Å². The van der Waals surface area contributed by atoms with Gasteiger partial charge in [0.1, 0.15) is 0 Å². The number of carbonyl (C=O) groups excluding carboxylic acids is 1. The molecule has 1 aliphatic heterocycles. The lowest BCUT2D eigenvalue weighted by molar-refractivity contribution is -0.135. The number of methoxy groups -OCH3 is 1. The lowest BCUT2D eigenvalue weighted by Gasteiger charge is -2.36. The Kier molecular flexibility index (Phi) is 10.9. The smallest absolute Gasteiger partial charge is 0.242 e. The van der Waals surface area contributed by atoms with Crippen LogP contribution in [0.2, 0.25) is 5.02 Å². The minimum Gasteiger partial charge on any atom is -0.385 e. The molecule has 0 saturated carbocycles. The predicted octanol–water partition coefficient (Wildman–Crippen LogP) is 2.60. The summed E-state index contributed by atoms with van der Waals surface area (Å²) in [6.07, 6.45) is 0.871. The van der Waals surface area contributed by atoms with Gasteiger partial charge in [-0.3, -0.25) is 9.79 Å². The Labute approximate surface area is 177 Å². The van der Waals surface area contributed by atoms with Crippen LogP contribution >= 0.6 is 35.6 Å². The Hall–Kier alpha value is -1.06. The summed E-state index contributed by atoms with van der Waals surface area (Å²) in [5, 5.41) is 3.98. The number of amides is 1. The maximum absolute atomic E-state index is 12.5. The van der Waals surface area contributed by atoms with Gasteiger partial charge in [-0.15, -0.1) is 24.0 Å². The molecule has 0 unspecified atom stereocenters. The second-order valence-electron chi connectivity index (χ2n) is 5.95. The molecule has 0 spiro atoms. The number of guanidine groups is 1. The highest BCUT2D eigenvalue weighted by Gasteiger charge is 2.25. The fraction of sp³-hybridized carbons (Fsp3) is 0.556. The molecule has 146 valence electrons. The highest BCUT2D eigenvalue weighted by molar-refractivity contribution is 14.0. The molecule has 0 aliphatic carbocycles. The van der Waals surface area contributed by atoms with Crippen LogP contribution in [0.15, 0.2) is 29.3 Å². The zero-order valence-corrected chi connectivity index (χ0v) is 18.5. The molecule has 1 saturated heterocycles. The number of carbonyl (C=O) groups is 1. The summed E-state index contributed by atoms with van der Waals surface area (Å²) in [7, 11) is 1.69. The number of hydrogen-bond acceptors (Lipinski definition) is 3. The second kappa shape index (κ2) is 12.3. The summed E-state index contributed by atoms with van der Waals surface area (Å²) >= 11 is 5.91. The zero-order chi connectivity index (χ0) is 18.1. The largest absolute Gasteiger partial charge is 0.385 e. The number of nitrogens with one attached hydrogen (secondary N) is 1. The van der Waals surface area contributed by atoms with E-state index in [1.165, 1.54) is 0 Å². The molecular weight excluding hydrogens is 467 g/mol. The van der Waals surface area contributed by atoms with Crippen LogP contribution in [0, 0.1) is 0 Å². The molecule has 0 atom stereocenters. The summed E-state index contributed by atoms with van der Waals surface area (Å²) < 4.78 is 5.05. The van der Waals surface area contributed by atoms with Gasteiger partial charge in [-0.25, -0.2) is 0 Å². The summed E-state index contributed by atoms with van der Waals surface area (Å²) in [5.74, 6) is 0.918. The van der Waals surface area contributed by atoms with Crippen molar-refractivity contribution in [1.82, 2.24) is 15.1 Å². The molecule has 26 heavy (non-hydrogen) atoms. The molecule has 1 aromatic rings. The Morgan fingerprint density at radius 2 is 2.04 bits per heavy atom. The van der Waals surface area contributed by atoms with Gasteiger partial charge in [0.15, 0.2) is 5.96 Å². The van der Waals surface area contributed by atoms with Gasteiger partial charge in [-0.2, -0.15) is 0 Å². The number of benzene rings is 1. The minimum absolute atomic E-state index is 0. The number of aliphatic imine (C=N–C) groups is 1. The first-order chi connectivity index (χ1) is 12.1. The third kappa shape index (κ3) is 7.28. The fourth-order valence-electron chi connectivity index (χ4n) is 2.69. The standard InChI is InChI=1S/C18H27ClN4O2.HI/c1-3-20-18(21-9-4-12-25-2)23-11-10-22(17(24)14-23)13-15-5-7-16(19)8-6-15;/h5-8H,3-4,9-14H2,1-2H3,(H,20,21);1H. The SMILES string of the molecule is CCNC(=NCCCOC)N1CCN(Cc2ccc(Cl)cc2)C(=O)C1.I. The van der Waals surface area contributed by atoms with Gasteiger partial charge in [-0.1, -0.05) is 23.7 Å². The second-order valence-corrected chi connectivity index (χ2v) is 6.38. The number of rotatable bonds is 7. The predicted molar refractivity (Wildman–Crippen MR) is 116 cm³/mol. The van der Waals surface area contributed by atoms with Crippen molar-refractivity contribution >= 4 is 47.4 Å². The third-order valence-corrected chi connectivity index (χ3v) is 4.26. The van der Waals surface area contributed by atoms with Gasteiger partial charge < -0.3 is 19.9 Å². The third-order valence-electron chi connectivity index (χ3n) is 4.01. The molecule has 6 nitrogen and oxygen atoms in total. The van der Waals surface area contributed by atoms with E-state index in [0.29, 0.717) is 37.8 Å². The summed E-state index contributed by atoms with van der Waals surface area (Å²) in [4.78, 5) is 21.0. The number of hydrogen-bond donors (Lipinski definition) is 1. The van der Waals surface area contributed by atoms with Gasteiger partial charge >= 0.3 is 0 Å². The number of halogens is 2. The quantitative estimate of drug-likeness (QED) is 0.274. The Balaban J connectivity index is 0.00000338. The molecule has 1 amide bonds. The molecule has 1 fully saturated rings. The molecule has 1 aromatic carbocycles. The van der Waals surface area contributed by atoms with E-state index in [1.54, 1.807) is 7.11 Å². The van der Waals surface area contributed by atoms with Crippen LogP contribution < -0.4 is 5.32 Å². The number of piperazine rings is 1. The van der Waals surface area contributed by atoms with E-state index in [4.69, 9.17) is 16.3 Å². The lowest BCUT2D eigenvalue weighted by Crippen LogP contribution is -2.55. The summed E-state index contributed by atoms with van der Waals surface area (Å²) in [5.41, 5.74) is 1.09. The molecular formula is C18H28ClIN4O2. The molecule has 8 heteroatoms. The van der Waals surface area contributed by atoms with Crippen molar-refractivity contribution in [1.29, 1.82) is 0 Å². The van der Waals surface area contributed by atoms with Crippen molar-refractivity contribution in [2.75, 3.05) is 46.4 Å². The van der Waals surface area contributed by atoms with Crippen LogP contribution in [-0.4, -0.2) is 68.1 Å². The molecule has 1 heterocycles. The Morgan fingerprint density at radius 1 is 1.31 bits per heavy atom. The first kappa shape index (κ1) is 23.0. The molecule has 0 aromatic heterocycles. The van der Waals surface area contributed by atoms with E-state index in [9.17, 15) is 4.79 Å². The van der Waals surface area contributed by atoms with Gasteiger partial charge in [-0.05, 0) is 31.0 Å². The van der Waals surface area contributed by atoms with Crippen LogP contribution in [0.1, 0.15) is 18.9 Å². The van der Waals surface area contributed by atoms with E-state index in [-0.39, 0.29) is 29.9 Å². The van der Waals surface area contributed by atoms with Gasteiger partial charge in [0.2, 0.25) is 5.91 Å². The van der Waals surface area contributed by atoms with Crippen molar-refractivity contribution in [3.63, 3.8) is 0 Å². The molecule has 2 rings (SSSR count). The number of nitrogens with zero attached hydrogens (tertiary/aromatic N) is 3. The number of ether oxygens (including phenoxy) is 1. The van der Waals surface area contributed by atoms with E-state index >= 15 is 0 Å². The highest BCUT2D eigenvalue weighted by atomic mass is 127. The van der Waals surface area contributed by atoms with Crippen molar-refractivity contribution in [2.24, 2.45) is 4.99 Å². The van der Waals surface area contributed by atoms with E-state index in [2.05, 4.69) is 10.3 Å². The van der Waals surface area contributed by atoms with Crippen molar-refractivity contribution < 1.29 is 9.53 Å². The average Bonchev–Trinajstić information content (AvgIpc) is 2.61. The minimum atomic E-state index is 0. The van der Waals surface area contributed by atoms with Crippen molar-refractivity contribution in [2.45, 2.75) is 19.9 Å². The fourth-order valence-corrected chi connectivity index (χ4v) is 2.81. The normalized spacial score (nSPS) is 15.0. The monoisotopic (exact) mass is 494 g/mol. The average molecular weight is 495 g/mol. The first-order valence-electron chi connectivity index (χ1n) is 8.68. The first-order valence-corrected chi connectivity index (χ1v) is 9.06. The van der Waals surface area contributed by atoms with E-state index < -0.39 is 0 Å². The van der Waals surface area contributed by atoms with Gasteiger partial charge in [0.05, 0.1) is 6.54 Å². The van der Waals surface area contributed by atoms with Crippen molar-refractivity contribution in [3.8, 4) is 0 Å². The highest BCUT2D eigenvalue weighted by Crippen LogP contribution is 2.13. The zero-order valence-electron chi connectivity index (χ0n) is 15.4. The molecule has 0 radical (unpaired) electrons. The summed E-state index contributed by atoms with van der Waals surface area (Å²) in [6, 6.07) is 7.63. The van der Waals surface area contributed by atoms with Crippen LogP contribution in [-0.2, 0) is 16.1 Å². The molecule has 1 N–H and O–H groups in total. The summed E-state index contributed by atoms with van der Waals surface area (Å²) in [6.45, 7) is 6.62.